The third-order valence-electron chi connectivity index (χ3n) is 5.12. The van der Waals surface area contributed by atoms with E-state index in [0.717, 1.165) is 16.8 Å². The van der Waals surface area contributed by atoms with Crippen molar-refractivity contribution in [3.63, 3.8) is 0 Å². The van der Waals surface area contributed by atoms with Crippen molar-refractivity contribution in [2.75, 3.05) is 19.3 Å². The zero-order chi connectivity index (χ0) is 20.8. The number of aryl methyl sites for hydroxylation is 2. The number of hydrogen-bond donors (Lipinski definition) is 2. The molecular formula is C22H21N5O2. The SMILES string of the molecule is Cc1nc(N)c2nc(-c3cc(C#C[C@]4(O)CCN(C)C4=O)ccc3C)ccc2n1. The summed E-state index contributed by atoms with van der Waals surface area (Å²) in [5, 5.41) is 10.5. The molecule has 1 aliphatic heterocycles. The zero-order valence-corrected chi connectivity index (χ0v) is 16.5. The van der Waals surface area contributed by atoms with Gasteiger partial charge in [0.1, 0.15) is 11.3 Å². The number of nitrogens with two attached hydrogens (primary N) is 1. The minimum atomic E-state index is -1.62. The lowest BCUT2D eigenvalue weighted by molar-refractivity contribution is -0.137. The number of amides is 1. The molecule has 1 fully saturated rings. The molecule has 4 rings (SSSR count). The lowest BCUT2D eigenvalue weighted by Gasteiger charge is -2.13. The normalized spacial score (nSPS) is 18.8. The first-order chi connectivity index (χ1) is 13.8. The molecule has 2 aromatic heterocycles. The van der Waals surface area contributed by atoms with Gasteiger partial charge >= 0.3 is 0 Å². The van der Waals surface area contributed by atoms with Gasteiger partial charge in [-0.1, -0.05) is 17.9 Å². The number of pyridine rings is 1. The Morgan fingerprint density at radius 2 is 1.97 bits per heavy atom. The fraction of sp³-hybridized carbons (Fsp3) is 0.273. The average Bonchev–Trinajstić information content (AvgIpc) is 2.95. The number of likely N-dealkylation sites (tertiary alicyclic amines) is 1. The summed E-state index contributed by atoms with van der Waals surface area (Å²) in [7, 11) is 1.66. The molecule has 0 radical (unpaired) electrons. The minimum Gasteiger partial charge on any atom is -0.382 e. The van der Waals surface area contributed by atoms with Crippen LogP contribution in [0.1, 0.15) is 23.4 Å². The van der Waals surface area contributed by atoms with Crippen LogP contribution in [-0.2, 0) is 4.79 Å². The van der Waals surface area contributed by atoms with Crippen molar-refractivity contribution in [2.24, 2.45) is 0 Å². The Bertz CT molecular complexity index is 1210. The minimum absolute atomic E-state index is 0.305. The molecule has 1 amide bonds. The van der Waals surface area contributed by atoms with Gasteiger partial charge in [0.25, 0.3) is 5.91 Å². The highest BCUT2D eigenvalue weighted by atomic mass is 16.3. The number of benzene rings is 1. The maximum absolute atomic E-state index is 12.1. The van der Waals surface area contributed by atoms with Crippen LogP contribution in [0.2, 0.25) is 0 Å². The van der Waals surface area contributed by atoms with Gasteiger partial charge in [-0.2, -0.15) is 0 Å². The Morgan fingerprint density at radius 1 is 1.17 bits per heavy atom. The van der Waals surface area contributed by atoms with Crippen LogP contribution in [0.25, 0.3) is 22.3 Å². The highest BCUT2D eigenvalue weighted by molar-refractivity contribution is 5.90. The van der Waals surface area contributed by atoms with Crippen LogP contribution in [0.5, 0.6) is 0 Å². The molecular weight excluding hydrogens is 366 g/mol. The van der Waals surface area contributed by atoms with E-state index in [1.165, 1.54) is 4.90 Å². The van der Waals surface area contributed by atoms with E-state index in [4.69, 9.17) is 5.73 Å². The van der Waals surface area contributed by atoms with E-state index in [0.29, 0.717) is 41.2 Å². The molecule has 7 nitrogen and oxygen atoms in total. The second-order valence-corrected chi connectivity index (χ2v) is 7.34. The van der Waals surface area contributed by atoms with E-state index in [2.05, 4.69) is 26.8 Å². The molecule has 3 aromatic rings. The molecule has 1 saturated heterocycles. The second-order valence-electron chi connectivity index (χ2n) is 7.34. The van der Waals surface area contributed by atoms with E-state index >= 15 is 0 Å². The van der Waals surface area contributed by atoms with Crippen molar-refractivity contribution in [2.45, 2.75) is 25.9 Å². The molecule has 29 heavy (non-hydrogen) atoms. The molecule has 3 N–H and O–H groups in total. The second kappa shape index (κ2) is 6.83. The number of carbonyl (C=O) groups excluding carboxylic acids is 1. The van der Waals surface area contributed by atoms with Crippen LogP contribution in [0.4, 0.5) is 5.82 Å². The summed E-state index contributed by atoms with van der Waals surface area (Å²) >= 11 is 0. The summed E-state index contributed by atoms with van der Waals surface area (Å²) in [5.74, 6) is 6.28. The van der Waals surface area contributed by atoms with Gasteiger partial charge in [0.05, 0.1) is 11.2 Å². The molecule has 0 unspecified atom stereocenters. The number of nitrogen functional groups attached to an aromatic ring is 1. The fourth-order valence-corrected chi connectivity index (χ4v) is 3.43. The Hall–Kier alpha value is -3.50. The van der Waals surface area contributed by atoms with Crippen molar-refractivity contribution < 1.29 is 9.90 Å². The average molecular weight is 387 g/mol. The third kappa shape index (κ3) is 3.39. The van der Waals surface area contributed by atoms with Gasteiger partial charge in [0.15, 0.2) is 5.82 Å². The van der Waals surface area contributed by atoms with Crippen molar-refractivity contribution >= 4 is 22.8 Å². The number of likely N-dealkylation sites (N-methyl/N-ethyl adjacent to an activating group) is 1. The molecule has 3 heterocycles. The summed E-state index contributed by atoms with van der Waals surface area (Å²) < 4.78 is 0. The van der Waals surface area contributed by atoms with Crippen molar-refractivity contribution in [1.29, 1.82) is 0 Å². The fourth-order valence-electron chi connectivity index (χ4n) is 3.43. The third-order valence-corrected chi connectivity index (χ3v) is 5.12. The van der Waals surface area contributed by atoms with Gasteiger partial charge in [-0.3, -0.25) is 4.79 Å². The topological polar surface area (TPSA) is 105 Å². The monoisotopic (exact) mass is 387 g/mol. The van der Waals surface area contributed by atoms with Crippen LogP contribution in [0, 0.1) is 25.7 Å². The first-order valence-corrected chi connectivity index (χ1v) is 9.30. The Kier molecular flexibility index (Phi) is 4.44. The number of nitrogens with zero attached hydrogens (tertiary/aromatic N) is 4. The van der Waals surface area contributed by atoms with Crippen LogP contribution < -0.4 is 5.73 Å². The molecule has 1 atom stereocenters. The Morgan fingerprint density at radius 3 is 2.69 bits per heavy atom. The van der Waals surface area contributed by atoms with Gasteiger partial charge in [-0.15, -0.1) is 0 Å². The summed E-state index contributed by atoms with van der Waals surface area (Å²) in [5.41, 5.74) is 8.98. The van der Waals surface area contributed by atoms with Crippen LogP contribution in [0.15, 0.2) is 30.3 Å². The molecule has 0 saturated carbocycles. The van der Waals surface area contributed by atoms with Crippen molar-refractivity contribution in [1.82, 2.24) is 19.9 Å². The quantitative estimate of drug-likeness (QED) is 0.617. The largest absolute Gasteiger partial charge is 0.382 e. The van der Waals surface area contributed by atoms with E-state index < -0.39 is 5.60 Å². The molecule has 0 spiro atoms. The van der Waals surface area contributed by atoms with E-state index in [1.54, 1.807) is 14.0 Å². The first kappa shape index (κ1) is 18.8. The summed E-state index contributed by atoms with van der Waals surface area (Å²) in [6.07, 6.45) is 0.305. The first-order valence-electron chi connectivity index (χ1n) is 9.30. The number of fused-ring (bicyclic) bond motifs is 1. The summed E-state index contributed by atoms with van der Waals surface area (Å²) in [4.78, 5) is 26.8. The number of carbonyl (C=O) groups is 1. The standard InChI is InChI=1S/C22H21N5O2/c1-13-4-5-15(8-9-22(29)10-11-27(3)21(22)28)12-16(13)17-6-7-18-19(26-17)20(23)25-14(2)24-18/h4-7,12,29H,10-11H2,1-3H3,(H2,23,24,25)/t22-/m0/s1. The van der Waals surface area contributed by atoms with Crippen LogP contribution in [-0.4, -0.2) is 50.1 Å². The van der Waals surface area contributed by atoms with E-state index in [1.807, 2.05) is 37.3 Å². The van der Waals surface area contributed by atoms with Crippen LogP contribution in [0.3, 0.4) is 0 Å². The molecule has 0 bridgehead atoms. The number of hydrogen-bond acceptors (Lipinski definition) is 6. The summed E-state index contributed by atoms with van der Waals surface area (Å²) in [6.45, 7) is 4.26. The summed E-state index contributed by atoms with van der Waals surface area (Å²) in [6, 6.07) is 9.45. The molecule has 1 aliphatic rings. The maximum Gasteiger partial charge on any atom is 0.267 e. The highest BCUT2D eigenvalue weighted by Crippen LogP contribution is 2.26. The van der Waals surface area contributed by atoms with Gasteiger partial charge in [-0.25, -0.2) is 15.0 Å². The molecule has 7 heteroatoms. The van der Waals surface area contributed by atoms with Crippen LogP contribution >= 0.6 is 0 Å². The van der Waals surface area contributed by atoms with Crippen molar-refractivity contribution in [3.8, 4) is 23.1 Å². The smallest absolute Gasteiger partial charge is 0.267 e. The number of anilines is 1. The predicted octanol–water partition coefficient (Wildman–Crippen LogP) is 1.84. The maximum atomic E-state index is 12.1. The molecule has 0 aliphatic carbocycles. The number of rotatable bonds is 1. The van der Waals surface area contributed by atoms with E-state index in [9.17, 15) is 9.90 Å². The van der Waals surface area contributed by atoms with Gasteiger partial charge < -0.3 is 15.7 Å². The highest BCUT2D eigenvalue weighted by Gasteiger charge is 2.42. The number of aliphatic hydroxyl groups is 1. The predicted molar refractivity (Wildman–Crippen MR) is 111 cm³/mol. The van der Waals surface area contributed by atoms with Gasteiger partial charge in [0.2, 0.25) is 5.60 Å². The van der Waals surface area contributed by atoms with Gasteiger partial charge in [0, 0.05) is 31.1 Å². The Balaban J connectivity index is 1.74. The van der Waals surface area contributed by atoms with Crippen molar-refractivity contribution in [3.05, 3.63) is 47.3 Å². The lowest BCUT2D eigenvalue weighted by Crippen LogP contribution is -2.37. The van der Waals surface area contributed by atoms with Gasteiger partial charge in [-0.05, 0) is 43.7 Å². The Labute approximate surface area is 168 Å². The molecule has 146 valence electrons. The lowest BCUT2D eigenvalue weighted by atomic mass is 9.99. The van der Waals surface area contributed by atoms with E-state index in [-0.39, 0.29) is 5.91 Å². The zero-order valence-electron chi connectivity index (χ0n) is 16.5. The number of aromatic nitrogens is 3. The molecule has 1 aromatic carbocycles.